The number of hydrogen-bond acceptors (Lipinski definition) is 2. The number of aryl methyl sites for hydroxylation is 1. The summed E-state index contributed by atoms with van der Waals surface area (Å²) in [5.74, 6) is -2.00. The van der Waals surface area contributed by atoms with Crippen LogP contribution in [0, 0.1) is 0 Å². The van der Waals surface area contributed by atoms with Crippen LogP contribution in [0.2, 0.25) is 0 Å². The molecule has 0 aromatic carbocycles. The topological polar surface area (TPSA) is 71.3 Å². The summed E-state index contributed by atoms with van der Waals surface area (Å²) < 4.78 is 14.7. The van der Waals surface area contributed by atoms with Crippen LogP contribution in [0.3, 0.4) is 0 Å². The van der Waals surface area contributed by atoms with E-state index in [0.717, 1.165) is 0 Å². The first kappa shape index (κ1) is 13.7. The summed E-state index contributed by atoms with van der Waals surface area (Å²) in [5, 5.41) is 10.7. The molecule has 0 bridgehead atoms. The van der Waals surface area contributed by atoms with E-state index in [0.29, 0.717) is 16.7 Å². The molecule has 1 heterocycles. The van der Waals surface area contributed by atoms with Crippen molar-refractivity contribution in [2.24, 2.45) is 0 Å². The lowest BCUT2D eigenvalue weighted by Crippen LogP contribution is -2.42. The molecule has 1 aromatic heterocycles. The van der Waals surface area contributed by atoms with Gasteiger partial charge in [-0.15, -0.1) is 0 Å². The van der Waals surface area contributed by atoms with Crippen LogP contribution >= 0.6 is 15.9 Å². The highest BCUT2D eigenvalue weighted by atomic mass is 79.9. The summed E-state index contributed by atoms with van der Waals surface area (Å²) >= 11 is 3.21. The second kappa shape index (κ2) is 5.81. The van der Waals surface area contributed by atoms with Gasteiger partial charge in [0.05, 0.1) is 0 Å². The maximum Gasteiger partial charge on any atom is 0.328 e. The van der Waals surface area contributed by atoms with Gasteiger partial charge < -0.3 is 15.0 Å². The lowest BCUT2D eigenvalue weighted by Gasteiger charge is -2.11. The van der Waals surface area contributed by atoms with Gasteiger partial charge in [-0.05, 0) is 28.9 Å². The Labute approximate surface area is 106 Å². The van der Waals surface area contributed by atoms with E-state index >= 15 is 0 Å². The molecule has 0 saturated heterocycles. The van der Waals surface area contributed by atoms with Crippen LogP contribution in [0.4, 0.5) is 4.39 Å². The second-order valence-electron chi connectivity index (χ2n) is 3.35. The first-order valence-corrected chi connectivity index (χ1v) is 5.74. The summed E-state index contributed by atoms with van der Waals surface area (Å²) in [6.45, 7) is 1.25. The van der Waals surface area contributed by atoms with Gasteiger partial charge >= 0.3 is 5.97 Å². The van der Waals surface area contributed by atoms with Crippen molar-refractivity contribution in [3.8, 4) is 0 Å². The zero-order valence-corrected chi connectivity index (χ0v) is 10.7. The molecule has 94 valence electrons. The fraction of sp³-hybridized carbons (Fsp3) is 0.400. The van der Waals surface area contributed by atoms with E-state index < -0.39 is 24.6 Å². The third kappa shape index (κ3) is 3.29. The van der Waals surface area contributed by atoms with Crippen molar-refractivity contribution in [1.82, 2.24) is 9.88 Å². The molecule has 5 nitrogen and oxygen atoms in total. The number of aromatic nitrogens is 1. The van der Waals surface area contributed by atoms with E-state index in [9.17, 15) is 14.0 Å². The van der Waals surface area contributed by atoms with E-state index in [1.807, 2.05) is 6.92 Å². The van der Waals surface area contributed by atoms with Crippen molar-refractivity contribution in [3.63, 3.8) is 0 Å². The standard InChI is InChI=1S/C10H12BrFN2O3/c1-2-14-5-6(11)3-8(14)9(15)13-7(4-12)10(16)17/h3,5,7H,2,4H2,1H3,(H,13,15)(H,16,17). The lowest BCUT2D eigenvalue weighted by atomic mass is 10.3. The van der Waals surface area contributed by atoms with E-state index in [1.54, 1.807) is 16.8 Å². The molecular formula is C10H12BrFN2O3. The number of nitrogens with one attached hydrogen (secondary N) is 1. The molecule has 0 fully saturated rings. The van der Waals surface area contributed by atoms with Crippen LogP contribution in [-0.2, 0) is 11.3 Å². The van der Waals surface area contributed by atoms with Gasteiger partial charge in [0.1, 0.15) is 12.4 Å². The number of nitrogens with zero attached hydrogens (tertiary/aromatic N) is 1. The third-order valence-electron chi connectivity index (χ3n) is 2.19. The third-order valence-corrected chi connectivity index (χ3v) is 2.63. The Kier molecular flexibility index (Phi) is 4.68. The molecule has 2 N–H and O–H groups in total. The highest BCUT2D eigenvalue weighted by Gasteiger charge is 2.22. The van der Waals surface area contributed by atoms with Crippen molar-refractivity contribution in [2.45, 2.75) is 19.5 Å². The molecule has 0 aliphatic heterocycles. The molecule has 17 heavy (non-hydrogen) atoms. The van der Waals surface area contributed by atoms with Crippen LogP contribution < -0.4 is 5.32 Å². The molecule has 7 heteroatoms. The number of halogens is 2. The van der Waals surface area contributed by atoms with Crippen molar-refractivity contribution in [2.75, 3.05) is 6.67 Å². The SMILES string of the molecule is CCn1cc(Br)cc1C(=O)NC(CF)C(=O)O. The van der Waals surface area contributed by atoms with Crippen molar-refractivity contribution < 1.29 is 19.1 Å². The molecule has 1 unspecified atom stereocenters. The Hall–Kier alpha value is -1.37. The highest BCUT2D eigenvalue weighted by Crippen LogP contribution is 2.15. The average Bonchev–Trinajstić information content (AvgIpc) is 2.66. The van der Waals surface area contributed by atoms with Crippen LogP contribution in [0.5, 0.6) is 0 Å². The number of hydrogen-bond donors (Lipinski definition) is 2. The highest BCUT2D eigenvalue weighted by molar-refractivity contribution is 9.10. The molecule has 1 rings (SSSR count). The Morgan fingerprint density at radius 3 is 2.76 bits per heavy atom. The molecule has 0 spiro atoms. The largest absolute Gasteiger partial charge is 0.480 e. The number of carbonyl (C=O) groups is 2. The molecule has 1 aromatic rings. The van der Waals surface area contributed by atoms with Crippen LogP contribution in [0.15, 0.2) is 16.7 Å². The zero-order chi connectivity index (χ0) is 13.0. The van der Waals surface area contributed by atoms with E-state index in [2.05, 4.69) is 21.2 Å². The Balaban J connectivity index is 2.85. The summed E-state index contributed by atoms with van der Waals surface area (Å²) in [7, 11) is 0. The first-order chi connectivity index (χ1) is 7.99. The van der Waals surface area contributed by atoms with E-state index in [1.165, 1.54) is 0 Å². The van der Waals surface area contributed by atoms with Gasteiger partial charge in [-0.2, -0.15) is 0 Å². The van der Waals surface area contributed by atoms with Gasteiger partial charge in [-0.25, -0.2) is 9.18 Å². The molecule has 1 atom stereocenters. The molecule has 0 radical (unpaired) electrons. The quantitative estimate of drug-likeness (QED) is 0.864. The Morgan fingerprint density at radius 1 is 1.65 bits per heavy atom. The fourth-order valence-corrected chi connectivity index (χ4v) is 1.79. The monoisotopic (exact) mass is 306 g/mol. The number of carboxylic acids is 1. The first-order valence-electron chi connectivity index (χ1n) is 4.94. The van der Waals surface area contributed by atoms with Gasteiger partial charge in [0.15, 0.2) is 6.04 Å². The van der Waals surface area contributed by atoms with E-state index in [4.69, 9.17) is 5.11 Å². The number of carbonyl (C=O) groups excluding carboxylic acids is 1. The number of aliphatic carboxylic acids is 1. The minimum atomic E-state index is -1.51. The molecule has 1 amide bonds. The van der Waals surface area contributed by atoms with Gasteiger partial charge in [0.25, 0.3) is 5.91 Å². The van der Waals surface area contributed by atoms with E-state index in [-0.39, 0.29) is 0 Å². The van der Waals surface area contributed by atoms with Crippen molar-refractivity contribution >= 4 is 27.8 Å². The Bertz CT molecular complexity index is 433. The number of alkyl halides is 1. The number of amides is 1. The van der Waals surface area contributed by atoms with Gasteiger partial charge in [-0.3, -0.25) is 4.79 Å². The minimum Gasteiger partial charge on any atom is -0.480 e. The van der Waals surface area contributed by atoms with Crippen molar-refractivity contribution in [1.29, 1.82) is 0 Å². The predicted molar refractivity (Wildman–Crippen MR) is 62.7 cm³/mol. The maximum absolute atomic E-state index is 12.4. The summed E-state index contributed by atoms with van der Waals surface area (Å²) in [4.78, 5) is 22.3. The van der Waals surface area contributed by atoms with Gasteiger partial charge in [0, 0.05) is 17.2 Å². The molecular weight excluding hydrogens is 295 g/mol. The smallest absolute Gasteiger partial charge is 0.328 e. The lowest BCUT2D eigenvalue weighted by molar-refractivity contribution is -0.139. The second-order valence-corrected chi connectivity index (χ2v) is 4.26. The predicted octanol–water partition coefficient (Wildman–Crippen LogP) is 1.42. The zero-order valence-electron chi connectivity index (χ0n) is 9.11. The molecule has 0 saturated carbocycles. The average molecular weight is 307 g/mol. The number of rotatable bonds is 5. The van der Waals surface area contributed by atoms with Crippen LogP contribution in [0.25, 0.3) is 0 Å². The number of carboxylic acid groups (broad SMARTS) is 1. The van der Waals surface area contributed by atoms with Crippen LogP contribution in [-0.4, -0.2) is 34.3 Å². The normalized spacial score (nSPS) is 12.2. The molecule has 0 aliphatic carbocycles. The van der Waals surface area contributed by atoms with Gasteiger partial charge in [0.2, 0.25) is 0 Å². The fourth-order valence-electron chi connectivity index (χ4n) is 1.33. The maximum atomic E-state index is 12.4. The van der Waals surface area contributed by atoms with Crippen molar-refractivity contribution in [3.05, 3.63) is 22.4 Å². The Morgan fingerprint density at radius 2 is 2.29 bits per heavy atom. The summed E-state index contributed by atoms with van der Waals surface area (Å²) in [6, 6.07) is 0.0390. The summed E-state index contributed by atoms with van der Waals surface area (Å²) in [6.07, 6.45) is 1.69. The summed E-state index contributed by atoms with van der Waals surface area (Å²) in [5.41, 5.74) is 0.291. The van der Waals surface area contributed by atoms with Gasteiger partial charge in [-0.1, -0.05) is 0 Å². The molecule has 0 aliphatic rings. The minimum absolute atomic E-state index is 0.291. The van der Waals surface area contributed by atoms with Crippen LogP contribution in [0.1, 0.15) is 17.4 Å².